The number of hydrogen-bond acceptors (Lipinski definition) is 4. The predicted molar refractivity (Wildman–Crippen MR) is 78.5 cm³/mol. The maximum atomic E-state index is 9.35. The first-order valence-corrected chi connectivity index (χ1v) is 7.21. The van der Waals surface area contributed by atoms with Gasteiger partial charge in [-0.1, -0.05) is 6.07 Å². The van der Waals surface area contributed by atoms with Crippen LogP contribution in [-0.2, 0) is 6.54 Å². The first kappa shape index (κ1) is 13.6. The van der Waals surface area contributed by atoms with E-state index in [1.165, 1.54) is 0 Å². The highest BCUT2D eigenvalue weighted by Crippen LogP contribution is 2.29. The molecule has 2 aromatic rings. The SMILES string of the molecule is CSc1cccc(N(C)Cc2ccoc2C)c1C#N. The topological polar surface area (TPSA) is 40.2 Å². The lowest BCUT2D eigenvalue weighted by Crippen LogP contribution is -2.17. The summed E-state index contributed by atoms with van der Waals surface area (Å²) < 4.78 is 5.31. The summed E-state index contributed by atoms with van der Waals surface area (Å²) >= 11 is 1.60. The molecule has 19 heavy (non-hydrogen) atoms. The van der Waals surface area contributed by atoms with Gasteiger partial charge in [-0.15, -0.1) is 11.8 Å². The number of furan rings is 1. The smallest absolute Gasteiger partial charge is 0.105 e. The average Bonchev–Trinajstić information content (AvgIpc) is 2.83. The van der Waals surface area contributed by atoms with Gasteiger partial charge in [-0.05, 0) is 31.4 Å². The monoisotopic (exact) mass is 272 g/mol. The minimum Gasteiger partial charge on any atom is -0.469 e. The second kappa shape index (κ2) is 5.85. The van der Waals surface area contributed by atoms with Gasteiger partial charge in [0, 0.05) is 24.1 Å². The van der Waals surface area contributed by atoms with Gasteiger partial charge in [-0.3, -0.25) is 0 Å². The second-order valence-corrected chi connectivity index (χ2v) is 5.17. The van der Waals surface area contributed by atoms with Crippen molar-refractivity contribution in [1.82, 2.24) is 0 Å². The van der Waals surface area contributed by atoms with E-state index in [1.807, 2.05) is 44.5 Å². The molecule has 0 fully saturated rings. The average molecular weight is 272 g/mol. The number of benzene rings is 1. The molecule has 0 atom stereocenters. The zero-order valence-corrected chi connectivity index (χ0v) is 12.1. The number of rotatable bonds is 4. The van der Waals surface area contributed by atoms with Gasteiger partial charge < -0.3 is 9.32 Å². The van der Waals surface area contributed by atoms with Crippen molar-refractivity contribution in [2.24, 2.45) is 0 Å². The third-order valence-corrected chi connectivity index (χ3v) is 3.90. The van der Waals surface area contributed by atoms with E-state index in [1.54, 1.807) is 18.0 Å². The van der Waals surface area contributed by atoms with E-state index >= 15 is 0 Å². The molecule has 1 aromatic carbocycles. The number of nitriles is 1. The summed E-state index contributed by atoms with van der Waals surface area (Å²) in [7, 11) is 1.99. The van der Waals surface area contributed by atoms with E-state index in [4.69, 9.17) is 4.42 Å². The Morgan fingerprint density at radius 2 is 2.16 bits per heavy atom. The summed E-state index contributed by atoms with van der Waals surface area (Å²) in [6.45, 7) is 2.68. The third-order valence-electron chi connectivity index (χ3n) is 3.12. The molecule has 1 heterocycles. The lowest BCUT2D eigenvalue weighted by Gasteiger charge is -2.21. The molecule has 0 saturated carbocycles. The Bertz CT molecular complexity index is 613. The van der Waals surface area contributed by atoms with Gasteiger partial charge in [0.15, 0.2) is 0 Å². The van der Waals surface area contributed by atoms with Gasteiger partial charge in [-0.25, -0.2) is 0 Å². The number of nitrogens with zero attached hydrogens (tertiary/aromatic N) is 2. The molecule has 98 valence electrons. The van der Waals surface area contributed by atoms with Gasteiger partial charge in [0.25, 0.3) is 0 Å². The van der Waals surface area contributed by atoms with Crippen LogP contribution in [0.15, 0.2) is 39.8 Å². The molecular formula is C15H16N2OS. The fraction of sp³-hybridized carbons (Fsp3) is 0.267. The van der Waals surface area contributed by atoms with Crippen molar-refractivity contribution in [2.75, 3.05) is 18.2 Å². The molecule has 0 unspecified atom stereocenters. The van der Waals surface area contributed by atoms with Crippen molar-refractivity contribution in [3.63, 3.8) is 0 Å². The summed E-state index contributed by atoms with van der Waals surface area (Å²) in [4.78, 5) is 3.09. The summed E-state index contributed by atoms with van der Waals surface area (Å²) in [6, 6.07) is 10.2. The highest BCUT2D eigenvalue weighted by molar-refractivity contribution is 7.98. The molecule has 2 rings (SSSR count). The van der Waals surface area contributed by atoms with Crippen LogP contribution in [0.4, 0.5) is 5.69 Å². The van der Waals surface area contributed by atoms with Crippen LogP contribution in [0, 0.1) is 18.3 Å². The zero-order chi connectivity index (χ0) is 13.8. The zero-order valence-electron chi connectivity index (χ0n) is 11.3. The highest BCUT2D eigenvalue weighted by atomic mass is 32.2. The molecule has 0 spiro atoms. The van der Waals surface area contributed by atoms with Crippen LogP contribution < -0.4 is 4.90 Å². The van der Waals surface area contributed by atoms with E-state index in [2.05, 4.69) is 11.0 Å². The lowest BCUT2D eigenvalue weighted by molar-refractivity contribution is 0.529. The van der Waals surface area contributed by atoms with Crippen molar-refractivity contribution in [3.8, 4) is 6.07 Å². The van der Waals surface area contributed by atoms with Crippen molar-refractivity contribution < 1.29 is 4.42 Å². The number of thioether (sulfide) groups is 1. The predicted octanol–water partition coefficient (Wildman–Crippen LogP) is 3.82. The normalized spacial score (nSPS) is 10.2. The van der Waals surface area contributed by atoms with Crippen molar-refractivity contribution >= 4 is 17.4 Å². The summed E-state index contributed by atoms with van der Waals surface area (Å²) in [5, 5.41) is 9.35. The molecule has 0 aliphatic rings. The fourth-order valence-electron chi connectivity index (χ4n) is 2.04. The van der Waals surface area contributed by atoms with Gasteiger partial charge in [0.05, 0.1) is 17.5 Å². The van der Waals surface area contributed by atoms with Crippen molar-refractivity contribution in [1.29, 1.82) is 5.26 Å². The van der Waals surface area contributed by atoms with E-state index in [0.29, 0.717) is 0 Å². The fourth-order valence-corrected chi connectivity index (χ4v) is 2.61. The minimum absolute atomic E-state index is 0.731. The van der Waals surface area contributed by atoms with Crippen LogP contribution in [0.3, 0.4) is 0 Å². The summed E-state index contributed by atoms with van der Waals surface area (Å²) in [6.07, 6.45) is 3.68. The second-order valence-electron chi connectivity index (χ2n) is 4.32. The Kier molecular flexibility index (Phi) is 4.18. The summed E-state index contributed by atoms with van der Waals surface area (Å²) in [5.74, 6) is 0.923. The van der Waals surface area contributed by atoms with E-state index < -0.39 is 0 Å². The molecule has 4 heteroatoms. The number of hydrogen-bond donors (Lipinski definition) is 0. The summed E-state index contributed by atoms with van der Waals surface area (Å²) in [5.41, 5.74) is 2.83. The van der Waals surface area contributed by atoms with Gasteiger partial charge >= 0.3 is 0 Å². The van der Waals surface area contributed by atoms with Crippen molar-refractivity contribution in [2.45, 2.75) is 18.4 Å². The van der Waals surface area contributed by atoms with Crippen LogP contribution >= 0.6 is 11.8 Å². The molecule has 0 N–H and O–H groups in total. The largest absolute Gasteiger partial charge is 0.469 e. The molecule has 3 nitrogen and oxygen atoms in total. The number of anilines is 1. The first-order chi connectivity index (χ1) is 9.17. The maximum absolute atomic E-state index is 9.35. The standard InChI is InChI=1S/C15H16N2OS/c1-11-12(7-8-18-11)10-17(2)14-5-4-6-15(19-3)13(14)9-16/h4-8H,10H2,1-3H3. The molecule has 0 aliphatic heterocycles. The van der Waals surface area contributed by atoms with Crippen LogP contribution in [0.5, 0.6) is 0 Å². The molecule has 0 bridgehead atoms. The van der Waals surface area contributed by atoms with Gasteiger partial charge in [0.1, 0.15) is 11.8 Å². The van der Waals surface area contributed by atoms with Gasteiger partial charge in [-0.2, -0.15) is 5.26 Å². The minimum atomic E-state index is 0.731. The third kappa shape index (κ3) is 2.77. The van der Waals surface area contributed by atoms with Crippen molar-refractivity contribution in [3.05, 3.63) is 47.4 Å². The quantitative estimate of drug-likeness (QED) is 0.793. The van der Waals surface area contributed by atoms with Crippen LogP contribution in [0.2, 0.25) is 0 Å². The van der Waals surface area contributed by atoms with E-state index in [0.717, 1.165) is 34.0 Å². The van der Waals surface area contributed by atoms with Crippen LogP contribution in [0.25, 0.3) is 0 Å². The van der Waals surface area contributed by atoms with E-state index in [9.17, 15) is 5.26 Å². The van der Waals surface area contributed by atoms with Gasteiger partial charge in [0.2, 0.25) is 0 Å². The molecule has 0 saturated heterocycles. The lowest BCUT2D eigenvalue weighted by atomic mass is 10.1. The van der Waals surface area contributed by atoms with Crippen LogP contribution in [-0.4, -0.2) is 13.3 Å². The molecule has 1 aromatic heterocycles. The molecule has 0 amide bonds. The molecule has 0 radical (unpaired) electrons. The Morgan fingerprint density at radius 1 is 1.37 bits per heavy atom. The molecule has 0 aliphatic carbocycles. The van der Waals surface area contributed by atoms with E-state index in [-0.39, 0.29) is 0 Å². The maximum Gasteiger partial charge on any atom is 0.105 e. The Labute approximate surface area is 117 Å². The number of aryl methyl sites for hydroxylation is 1. The Morgan fingerprint density at radius 3 is 2.74 bits per heavy atom. The Balaban J connectivity index is 2.32. The Hall–Kier alpha value is -1.86. The molecular weight excluding hydrogens is 256 g/mol. The van der Waals surface area contributed by atoms with Crippen LogP contribution in [0.1, 0.15) is 16.9 Å². The first-order valence-electron chi connectivity index (χ1n) is 5.98. The highest BCUT2D eigenvalue weighted by Gasteiger charge is 2.13.